The molecule has 1 atom stereocenters. The first-order valence-electron chi connectivity index (χ1n) is 12.4. The third-order valence-electron chi connectivity index (χ3n) is 7.70. The van der Waals surface area contributed by atoms with Crippen LogP contribution in [0.5, 0.6) is 0 Å². The lowest BCUT2D eigenvalue weighted by Gasteiger charge is -2.45. The number of rotatable bonds is 8. The average Bonchev–Trinajstić information content (AvgIpc) is 3.22. The Morgan fingerprint density at radius 3 is 2.38 bits per heavy atom. The van der Waals surface area contributed by atoms with Gasteiger partial charge in [0.15, 0.2) is 0 Å². The molecule has 1 fully saturated rings. The molecule has 34 heavy (non-hydrogen) atoms. The maximum atomic E-state index is 12.6. The molecule has 2 amide bonds. The fraction of sp³-hybridized carbons (Fsp3) is 0.500. The van der Waals surface area contributed by atoms with Crippen molar-refractivity contribution in [1.29, 1.82) is 0 Å². The normalized spacial score (nSPS) is 24.0. The van der Waals surface area contributed by atoms with Gasteiger partial charge >= 0.3 is 0 Å². The van der Waals surface area contributed by atoms with Crippen molar-refractivity contribution in [2.75, 3.05) is 14.1 Å². The third kappa shape index (κ3) is 6.00. The zero-order chi connectivity index (χ0) is 24.1. The molecule has 2 aliphatic rings. The molecule has 0 heterocycles. The lowest BCUT2D eigenvalue weighted by molar-refractivity contribution is -0.127. The maximum Gasteiger partial charge on any atom is 0.220 e. The highest BCUT2D eigenvalue weighted by Gasteiger charge is 2.37. The fourth-order valence-electron chi connectivity index (χ4n) is 5.61. The lowest BCUT2D eigenvalue weighted by Crippen LogP contribution is -2.52. The molecule has 0 aromatic heterocycles. The van der Waals surface area contributed by atoms with Gasteiger partial charge in [0.25, 0.3) is 0 Å². The number of carbonyl (C=O) groups is 2. The Balaban J connectivity index is 1.22. The molecule has 0 aliphatic heterocycles. The van der Waals surface area contributed by atoms with Crippen molar-refractivity contribution in [1.82, 2.24) is 15.5 Å². The average molecular weight is 482 g/mol. The van der Waals surface area contributed by atoms with E-state index in [1.165, 1.54) is 16.7 Å². The fourth-order valence-corrected chi connectivity index (χ4v) is 5.82. The second-order valence-electron chi connectivity index (χ2n) is 10.1. The van der Waals surface area contributed by atoms with E-state index in [1.807, 2.05) is 24.3 Å². The summed E-state index contributed by atoms with van der Waals surface area (Å²) >= 11 is 6.20. The number of halogens is 1. The molecule has 1 saturated carbocycles. The number of nitrogens with one attached hydrogen (secondary N) is 2. The Labute approximate surface area is 208 Å². The van der Waals surface area contributed by atoms with Crippen LogP contribution in [0.3, 0.4) is 0 Å². The molecule has 6 heteroatoms. The minimum absolute atomic E-state index is 0.0285. The van der Waals surface area contributed by atoms with E-state index < -0.39 is 0 Å². The molecule has 0 radical (unpaired) electrons. The number of fused-ring (bicyclic) bond motifs is 1. The summed E-state index contributed by atoms with van der Waals surface area (Å²) < 4.78 is 0. The number of hydrogen-bond acceptors (Lipinski definition) is 3. The first-order chi connectivity index (χ1) is 16.3. The summed E-state index contributed by atoms with van der Waals surface area (Å²) in [6, 6.07) is 16.6. The molecule has 2 N–H and O–H groups in total. The Bertz CT molecular complexity index is 1010. The Kier molecular flexibility index (Phi) is 7.95. The van der Waals surface area contributed by atoms with Crippen LogP contribution in [0.15, 0.2) is 48.5 Å². The van der Waals surface area contributed by atoms with Crippen molar-refractivity contribution in [2.45, 2.75) is 75.4 Å². The van der Waals surface area contributed by atoms with Crippen LogP contribution in [0.1, 0.15) is 67.7 Å². The summed E-state index contributed by atoms with van der Waals surface area (Å²) in [7, 11) is 4.29. The van der Waals surface area contributed by atoms with Gasteiger partial charge in [-0.25, -0.2) is 0 Å². The number of aryl methyl sites for hydroxylation is 1. The number of amides is 2. The van der Waals surface area contributed by atoms with Crippen LogP contribution in [0, 0.1) is 0 Å². The molecule has 5 nitrogen and oxygen atoms in total. The molecule has 0 spiro atoms. The van der Waals surface area contributed by atoms with Crippen molar-refractivity contribution in [3.05, 3.63) is 70.2 Å². The number of hydrogen-bond donors (Lipinski definition) is 2. The Morgan fingerprint density at radius 2 is 1.68 bits per heavy atom. The van der Waals surface area contributed by atoms with E-state index in [-0.39, 0.29) is 42.3 Å². The van der Waals surface area contributed by atoms with E-state index >= 15 is 0 Å². The largest absolute Gasteiger partial charge is 0.353 e. The summed E-state index contributed by atoms with van der Waals surface area (Å²) in [6.07, 6.45) is 7.25. The van der Waals surface area contributed by atoms with Crippen molar-refractivity contribution in [3.63, 3.8) is 0 Å². The molecular formula is C28H36ClN3O2. The molecule has 1 unspecified atom stereocenters. The highest BCUT2D eigenvalue weighted by atomic mass is 35.5. The van der Waals surface area contributed by atoms with Gasteiger partial charge in [0.2, 0.25) is 11.8 Å². The van der Waals surface area contributed by atoms with Gasteiger partial charge in [-0.1, -0.05) is 48.0 Å². The van der Waals surface area contributed by atoms with Crippen LogP contribution in [0.4, 0.5) is 0 Å². The zero-order valence-corrected chi connectivity index (χ0v) is 21.0. The van der Waals surface area contributed by atoms with E-state index in [1.54, 1.807) is 0 Å². The maximum absolute atomic E-state index is 12.6. The third-order valence-corrected chi connectivity index (χ3v) is 7.93. The summed E-state index contributed by atoms with van der Waals surface area (Å²) in [5, 5.41) is 7.06. The van der Waals surface area contributed by atoms with Crippen LogP contribution < -0.4 is 10.6 Å². The van der Waals surface area contributed by atoms with Gasteiger partial charge < -0.3 is 15.5 Å². The van der Waals surface area contributed by atoms with Gasteiger partial charge in [0.1, 0.15) is 0 Å². The second-order valence-corrected chi connectivity index (χ2v) is 10.6. The van der Waals surface area contributed by atoms with Crippen LogP contribution in [-0.2, 0) is 22.4 Å². The minimum atomic E-state index is -0.0476. The summed E-state index contributed by atoms with van der Waals surface area (Å²) in [6.45, 7) is 0. The van der Waals surface area contributed by atoms with E-state index in [0.29, 0.717) is 0 Å². The van der Waals surface area contributed by atoms with Crippen molar-refractivity contribution < 1.29 is 9.59 Å². The smallest absolute Gasteiger partial charge is 0.220 e. The van der Waals surface area contributed by atoms with Gasteiger partial charge in [0.05, 0.1) is 6.04 Å². The second kappa shape index (κ2) is 10.9. The molecular weight excluding hydrogens is 446 g/mol. The van der Waals surface area contributed by atoms with Crippen molar-refractivity contribution in [3.8, 4) is 0 Å². The topological polar surface area (TPSA) is 61.4 Å². The van der Waals surface area contributed by atoms with E-state index in [2.05, 4.69) is 53.9 Å². The first-order valence-corrected chi connectivity index (χ1v) is 12.8. The van der Waals surface area contributed by atoms with Crippen LogP contribution in [-0.4, -0.2) is 42.4 Å². The molecule has 0 saturated heterocycles. The Hall–Kier alpha value is -2.37. The van der Waals surface area contributed by atoms with Crippen molar-refractivity contribution >= 4 is 23.4 Å². The first kappa shape index (κ1) is 24.7. The predicted molar refractivity (Wildman–Crippen MR) is 137 cm³/mol. The van der Waals surface area contributed by atoms with Gasteiger partial charge in [-0.2, -0.15) is 0 Å². The SMILES string of the molecule is CN(C)C1(Cc2cccc(Cl)c2)CCC(NC(=O)CCC(=O)NC2CCc3ccccc32)CC1. The number of benzene rings is 2. The van der Waals surface area contributed by atoms with Crippen LogP contribution >= 0.6 is 11.6 Å². The van der Waals surface area contributed by atoms with E-state index in [9.17, 15) is 9.59 Å². The van der Waals surface area contributed by atoms with Crippen LogP contribution in [0.2, 0.25) is 5.02 Å². The standard InChI is InChI=1S/C28H36ClN3O2/c1-32(2)28(19-20-6-5-8-22(29)18-20)16-14-23(15-17-28)30-26(33)12-13-27(34)31-25-11-10-21-7-3-4-9-24(21)25/h3-9,18,23,25H,10-17,19H2,1-2H3,(H,30,33)(H,31,34). The molecule has 2 aromatic carbocycles. The highest BCUT2D eigenvalue weighted by Crippen LogP contribution is 2.36. The minimum Gasteiger partial charge on any atom is -0.353 e. The summed E-state index contributed by atoms with van der Waals surface area (Å²) in [5.74, 6) is -0.0761. The monoisotopic (exact) mass is 481 g/mol. The Morgan fingerprint density at radius 1 is 0.971 bits per heavy atom. The van der Waals surface area contributed by atoms with E-state index in [4.69, 9.17) is 11.6 Å². The molecule has 2 aromatic rings. The van der Waals surface area contributed by atoms with Crippen molar-refractivity contribution in [2.24, 2.45) is 0 Å². The molecule has 0 bridgehead atoms. The summed E-state index contributed by atoms with van der Waals surface area (Å²) in [5.41, 5.74) is 3.85. The lowest BCUT2D eigenvalue weighted by atomic mass is 9.75. The van der Waals surface area contributed by atoms with E-state index in [0.717, 1.165) is 50.0 Å². The van der Waals surface area contributed by atoms with Gasteiger partial charge in [-0.05, 0) is 87.9 Å². The highest BCUT2D eigenvalue weighted by molar-refractivity contribution is 6.30. The summed E-state index contributed by atoms with van der Waals surface area (Å²) in [4.78, 5) is 27.3. The van der Waals surface area contributed by atoms with Gasteiger partial charge in [0, 0.05) is 29.4 Å². The number of nitrogens with zero attached hydrogens (tertiary/aromatic N) is 1. The number of carbonyl (C=O) groups excluding carboxylic acids is 2. The van der Waals surface area contributed by atoms with Gasteiger partial charge in [-0.15, -0.1) is 0 Å². The van der Waals surface area contributed by atoms with Gasteiger partial charge in [-0.3, -0.25) is 9.59 Å². The predicted octanol–water partition coefficient (Wildman–Crippen LogP) is 4.83. The molecule has 2 aliphatic carbocycles. The molecule has 182 valence electrons. The quantitative estimate of drug-likeness (QED) is 0.568. The van der Waals surface area contributed by atoms with Crippen LogP contribution in [0.25, 0.3) is 0 Å². The number of likely N-dealkylation sites (N-methyl/N-ethyl adjacent to an activating group) is 1. The molecule has 4 rings (SSSR count). The zero-order valence-electron chi connectivity index (χ0n) is 20.3.